The molecular weight excluding hydrogens is 270 g/mol. The van der Waals surface area contributed by atoms with Gasteiger partial charge in [0.25, 0.3) is 0 Å². The number of rotatable bonds is 4. The van der Waals surface area contributed by atoms with Gasteiger partial charge in [-0.2, -0.15) is 23.5 Å². The van der Waals surface area contributed by atoms with Crippen molar-refractivity contribution in [3.05, 3.63) is 35.9 Å². The number of nitrogens with one attached hydrogen (secondary N) is 1. The number of hydrogen-bond acceptors (Lipinski definition) is 3. The molecule has 0 spiro atoms. The minimum Gasteiger partial charge on any atom is -0.316 e. The van der Waals surface area contributed by atoms with E-state index in [1.54, 1.807) is 0 Å². The molecule has 1 aromatic carbocycles. The summed E-state index contributed by atoms with van der Waals surface area (Å²) < 4.78 is 0. The zero-order valence-corrected chi connectivity index (χ0v) is 13.3. The number of thioether (sulfide) groups is 2. The van der Waals surface area contributed by atoms with Crippen LogP contribution >= 0.6 is 23.5 Å². The van der Waals surface area contributed by atoms with Crippen molar-refractivity contribution in [3.8, 4) is 0 Å². The van der Waals surface area contributed by atoms with Gasteiger partial charge in [-0.3, -0.25) is 0 Å². The lowest BCUT2D eigenvalue weighted by Gasteiger charge is -2.34. The Balaban J connectivity index is 1.68. The minimum absolute atomic E-state index is 0.679. The summed E-state index contributed by atoms with van der Waals surface area (Å²) in [6.07, 6.45) is 1.37. The SMILES string of the molecule is CNC(C1CC1c1ccccc1)C1SCCSC1C. The molecule has 2 fully saturated rings. The molecule has 0 amide bonds. The van der Waals surface area contributed by atoms with E-state index in [0.717, 1.165) is 22.3 Å². The van der Waals surface area contributed by atoms with Crippen molar-refractivity contribution in [2.24, 2.45) is 5.92 Å². The van der Waals surface area contributed by atoms with Crippen LogP contribution in [-0.4, -0.2) is 35.1 Å². The second-order valence-corrected chi connectivity index (χ2v) is 8.41. The molecule has 0 bridgehead atoms. The van der Waals surface area contributed by atoms with E-state index in [1.165, 1.54) is 23.5 Å². The summed E-state index contributed by atoms with van der Waals surface area (Å²) >= 11 is 4.34. The Bertz CT molecular complexity index is 408. The van der Waals surface area contributed by atoms with Crippen LogP contribution in [0, 0.1) is 5.92 Å². The van der Waals surface area contributed by atoms with Gasteiger partial charge in [0.2, 0.25) is 0 Å². The highest BCUT2D eigenvalue weighted by Crippen LogP contribution is 2.52. The maximum absolute atomic E-state index is 3.63. The molecule has 1 aliphatic carbocycles. The molecule has 3 rings (SSSR count). The predicted octanol–water partition coefficient (Wildman–Crippen LogP) is 3.62. The molecule has 1 aromatic rings. The van der Waals surface area contributed by atoms with E-state index in [4.69, 9.17) is 0 Å². The Kier molecular flexibility index (Phi) is 4.45. The number of benzene rings is 1. The number of hydrogen-bond donors (Lipinski definition) is 1. The van der Waals surface area contributed by atoms with Crippen LogP contribution in [0.3, 0.4) is 0 Å². The van der Waals surface area contributed by atoms with E-state index in [-0.39, 0.29) is 0 Å². The quantitative estimate of drug-likeness (QED) is 0.911. The largest absolute Gasteiger partial charge is 0.316 e. The second kappa shape index (κ2) is 6.11. The first kappa shape index (κ1) is 13.8. The van der Waals surface area contributed by atoms with Crippen molar-refractivity contribution in [1.82, 2.24) is 5.32 Å². The van der Waals surface area contributed by atoms with Gasteiger partial charge in [-0.1, -0.05) is 37.3 Å². The van der Waals surface area contributed by atoms with Gasteiger partial charge in [0, 0.05) is 28.0 Å². The van der Waals surface area contributed by atoms with Crippen molar-refractivity contribution < 1.29 is 0 Å². The highest BCUT2D eigenvalue weighted by molar-refractivity contribution is 8.07. The Labute approximate surface area is 125 Å². The zero-order chi connectivity index (χ0) is 13.2. The summed E-state index contributed by atoms with van der Waals surface area (Å²) in [5.41, 5.74) is 1.54. The van der Waals surface area contributed by atoms with Crippen LogP contribution in [0.15, 0.2) is 30.3 Å². The van der Waals surface area contributed by atoms with E-state index in [9.17, 15) is 0 Å². The second-order valence-electron chi connectivity index (χ2n) is 5.64. The van der Waals surface area contributed by atoms with E-state index >= 15 is 0 Å². The van der Waals surface area contributed by atoms with Gasteiger partial charge >= 0.3 is 0 Å². The average molecular weight is 294 g/mol. The lowest BCUT2D eigenvalue weighted by atomic mass is 10.0. The maximum atomic E-state index is 3.63. The van der Waals surface area contributed by atoms with Crippen LogP contribution in [0.2, 0.25) is 0 Å². The van der Waals surface area contributed by atoms with Gasteiger partial charge in [0.15, 0.2) is 0 Å². The van der Waals surface area contributed by atoms with Gasteiger partial charge in [-0.05, 0) is 30.9 Å². The van der Waals surface area contributed by atoms with Gasteiger partial charge in [-0.15, -0.1) is 0 Å². The lowest BCUT2D eigenvalue weighted by molar-refractivity contribution is 0.472. The summed E-state index contributed by atoms with van der Waals surface area (Å²) in [7, 11) is 2.15. The van der Waals surface area contributed by atoms with Gasteiger partial charge in [0.1, 0.15) is 0 Å². The monoisotopic (exact) mass is 293 g/mol. The molecule has 5 unspecified atom stereocenters. The van der Waals surface area contributed by atoms with Gasteiger partial charge in [0.05, 0.1) is 0 Å². The minimum atomic E-state index is 0.679. The van der Waals surface area contributed by atoms with Gasteiger partial charge in [-0.25, -0.2) is 0 Å². The Morgan fingerprint density at radius 1 is 1.16 bits per heavy atom. The Morgan fingerprint density at radius 2 is 1.89 bits per heavy atom. The van der Waals surface area contributed by atoms with Crippen molar-refractivity contribution in [2.75, 3.05) is 18.6 Å². The topological polar surface area (TPSA) is 12.0 Å². The molecule has 5 atom stereocenters. The highest BCUT2D eigenvalue weighted by atomic mass is 32.2. The molecule has 0 radical (unpaired) electrons. The summed E-state index contributed by atoms with van der Waals surface area (Å²) in [5, 5.41) is 5.20. The molecule has 104 valence electrons. The third kappa shape index (κ3) is 2.98. The Morgan fingerprint density at radius 3 is 2.58 bits per heavy atom. The third-order valence-corrected chi connectivity index (χ3v) is 7.67. The van der Waals surface area contributed by atoms with Crippen LogP contribution in [0.1, 0.15) is 24.8 Å². The lowest BCUT2D eigenvalue weighted by Crippen LogP contribution is -2.44. The molecule has 2 aliphatic rings. The summed E-state index contributed by atoms with van der Waals surface area (Å²) in [5.74, 6) is 4.27. The van der Waals surface area contributed by atoms with Crippen LogP contribution < -0.4 is 5.32 Å². The fourth-order valence-electron chi connectivity index (χ4n) is 3.36. The molecule has 1 saturated heterocycles. The third-order valence-electron chi connectivity index (χ3n) is 4.45. The Hall–Kier alpha value is -0.120. The first-order valence-corrected chi connectivity index (χ1v) is 9.36. The van der Waals surface area contributed by atoms with E-state index < -0.39 is 0 Å². The smallest absolute Gasteiger partial charge is 0.0320 e. The van der Waals surface area contributed by atoms with Crippen LogP contribution in [0.5, 0.6) is 0 Å². The van der Waals surface area contributed by atoms with Crippen molar-refractivity contribution in [3.63, 3.8) is 0 Å². The molecule has 1 saturated carbocycles. The van der Waals surface area contributed by atoms with Crippen LogP contribution in [-0.2, 0) is 0 Å². The molecule has 0 aromatic heterocycles. The molecule has 3 heteroatoms. The highest BCUT2D eigenvalue weighted by Gasteiger charge is 2.47. The van der Waals surface area contributed by atoms with Crippen LogP contribution in [0.25, 0.3) is 0 Å². The molecule has 1 aliphatic heterocycles. The summed E-state index contributed by atoms with van der Waals surface area (Å²) in [4.78, 5) is 0. The van der Waals surface area contributed by atoms with E-state index in [2.05, 4.69) is 73.1 Å². The standard InChI is InChI=1S/C16H23NS2/c1-11-16(19-9-8-18-11)15(17-2)14-10-13(14)12-6-4-3-5-7-12/h3-7,11,13-17H,8-10H2,1-2H3. The van der Waals surface area contributed by atoms with Gasteiger partial charge < -0.3 is 5.32 Å². The molecule has 1 heterocycles. The van der Waals surface area contributed by atoms with Crippen molar-refractivity contribution in [2.45, 2.75) is 35.8 Å². The van der Waals surface area contributed by atoms with E-state index in [1.807, 2.05) is 0 Å². The summed E-state index contributed by atoms with van der Waals surface area (Å²) in [6, 6.07) is 11.7. The molecule has 19 heavy (non-hydrogen) atoms. The first-order valence-electron chi connectivity index (χ1n) is 7.26. The summed E-state index contributed by atoms with van der Waals surface area (Å²) in [6.45, 7) is 2.41. The fraction of sp³-hybridized carbons (Fsp3) is 0.625. The maximum Gasteiger partial charge on any atom is 0.0320 e. The molecule has 1 nitrogen and oxygen atoms in total. The van der Waals surface area contributed by atoms with Crippen LogP contribution in [0.4, 0.5) is 0 Å². The predicted molar refractivity (Wildman–Crippen MR) is 88.3 cm³/mol. The normalized spacial score (nSPS) is 35.9. The zero-order valence-electron chi connectivity index (χ0n) is 11.7. The van der Waals surface area contributed by atoms with E-state index in [0.29, 0.717) is 6.04 Å². The average Bonchev–Trinajstić information content (AvgIpc) is 3.23. The van der Waals surface area contributed by atoms with Crippen molar-refractivity contribution in [1.29, 1.82) is 0 Å². The molecular formula is C16H23NS2. The first-order chi connectivity index (χ1) is 9.31. The van der Waals surface area contributed by atoms with Crippen molar-refractivity contribution >= 4 is 23.5 Å². The fourth-order valence-corrected chi connectivity index (χ4v) is 6.42. The molecule has 1 N–H and O–H groups in total.